The number of hydrogen-bond donors (Lipinski definition) is 1. The van der Waals surface area contributed by atoms with E-state index in [0.29, 0.717) is 16.6 Å². The molecule has 24 heavy (non-hydrogen) atoms. The van der Waals surface area contributed by atoms with Gasteiger partial charge >= 0.3 is 103 Å². The number of benzene rings is 1. The molecule has 1 aliphatic heterocycles. The molecule has 2 N–H and O–H groups in total. The Balaban J connectivity index is 0. The summed E-state index contributed by atoms with van der Waals surface area (Å²) in [6.07, 6.45) is -1.21. The Morgan fingerprint density at radius 1 is 1.29 bits per heavy atom. The maximum atomic E-state index is 11.3. The van der Waals surface area contributed by atoms with Gasteiger partial charge in [-0.2, -0.15) is 0 Å². The van der Waals surface area contributed by atoms with Crippen molar-refractivity contribution in [3.8, 4) is 0 Å². The summed E-state index contributed by atoms with van der Waals surface area (Å²) < 4.78 is 0. The van der Waals surface area contributed by atoms with Crippen LogP contribution in [0.4, 0.5) is 10.5 Å². The molecule has 1 heterocycles. The number of likely N-dealkylation sites (N-methyl/N-ethyl adjacent to an activating group) is 1. The molecule has 2 rings (SSSR count). The zero-order valence-corrected chi connectivity index (χ0v) is 21.4. The largest absolute Gasteiger partial charge is 1.00 e. The van der Waals surface area contributed by atoms with Gasteiger partial charge in [0.25, 0.3) is 0 Å². The average Bonchev–Trinajstić information content (AvgIpc) is 2.88. The van der Waals surface area contributed by atoms with Crippen LogP contribution in [0.5, 0.6) is 0 Å². The molecule has 0 radical (unpaired) electrons. The van der Waals surface area contributed by atoms with Gasteiger partial charge in [-0.25, -0.2) is 0 Å². The number of nitrogens with two attached hydrogens (primary N) is 1. The van der Waals surface area contributed by atoms with Crippen LogP contribution in [0.3, 0.4) is 0 Å². The molecule has 0 aliphatic carbocycles. The first-order chi connectivity index (χ1) is 10.2. The Bertz CT molecular complexity index is 557. The van der Waals surface area contributed by atoms with Crippen molar-refractivity contribution in [2.45, 2.75) is 12.5 Å². The van der Waals surface area contributed by atoms with Crippen LogP contribution in [-0.4, -0.2) is 50.2 Å². The molecule has 0 unspecified atom stereocenters. The maximum absolute atomic E-state index is 11.3. The van der Waals surface area contributed by atoms with E-state index >= 15 is 0 Å². The standard InChI is InChI=1S/C13H18ClN3O.CH2O3.2K/c1-16(2)10-5-6-17(8-10)9-3-4-12(14)11(7-9)13(15)18;2-1(3)4;;/h3-4,7,10H,5-6,8H2,1-2H3,(H2,15,18);(H2,2,3,4);;/q;;2*+1/p-2/t10-;;;/m1.../s1. The summed E-state index contributed by atoms with van der Waals surface area (Å²) in [6.45, 7) is 1.95. The Hall–Kier alpha value is 1.28. The van der Waals surface area contributed by atoms with Crippen LogP contribution in [-0.2, 0) is 0 Å². The maximum Gasteiger partial charge on any atom is 1.00 e. The summed E-state index contributed by atoms with van der Waals surface area (Å²) in [5, 5.41) is 17.1. The number of amides is 1. The van der Waals surface area contributed by atoms with Crippen molar-refractivity contribution < 1.29 is 123 Å². The summed E-state index contributed by atoms with van der Waals surface area (Å²) in [5.74, 6) is -0.481. The minimum Gasteiger partial charge on any atom is -0.652 e. The predicted octanol–water partition coefficient (Wildman–Crippen LogP) is -6.86. The van der Waals surface area contributed by atoms with Crippen LogP contribution in [0.15, 0.2) is 18.2 Å². The molecule has 122 valence electrons. The fraction of sp³-hybridized carbons (Fsp3) is 0.429. The van der Waals surface area contributed by atoms with E-state index in [-0.39, 0.29) is 103 Å². The summed E-state index contributed by atoms with van der Waals surface area (Å²) in [5.41, 5.74) is 6.71. The van der Waals surface area contributed by atoms with Gasteiger partial charge < -0.3 is 30.5 Å². The first kappa shape index (κ1) is 27.5. The van der Waals surface area contributed by atoms with Crippen molar-refractivity contribution in [1.82, 2.24) is 4.90 Å². The molecule has 10 heteroatoms. The number of nitrogens with zero attached hydrogens (tertiary/aromatic N) is 2. The SMILES string of the molecule is CN(C)[C@@H]1CCN(c2ccc(Cl)c(C(N)=O)c2)C1.O=C([O-])[O-].[K+].[K+]. The molecule has 0 spiro atoms. The molecule has 1 atom stereocenters. The number of primary amides is 1. The van der Waals surface area contributed by atoms with Gasteiger partial charge in [0.2, 0.25) is 5.91 Å². The summed E-state index contributed by atoms with van der Waals surface area (Å²) in [6, 6.07) is 6.01. The van der Waals surface area contributed by atoms with Gasteiger partial charge in [0.15, 0.2) is 0 Å². The second-order valence-electron chi connectivity index (χ2n) is 5.13. The van der Waals surface area contributed by atoms with E-state index in [1.165, 1.54) is 0 Å². The first-order valence-corrected chi connectivity index (χ1v) is 6.99. The molecule has 0 saturated carbocycles. The third-order valence-electron chi connectivity index (χ3n) is 3.47. The van der Waals surface area contributed by atoms with E-state index in [4.69, 9.17) is 32.3 Å². The third kappa shape index (κ3) is 9.29. The summed E-state index contributed by atoms with van der Waals surface area (Å²) in [7, 11) is 4.18. The van der Waals surface area contributed by atoms with E-state index in [1.807, 2.05) is 6.07 Å². The minimum atomic E-state index is -2.33. The number of carbonyl (C=O) groups is 2. The first-order valence-electron chi connectivity index (χ1n) is 6.61. The summed E-state index contributed by atoms with van der Waals surface area (Å²) in [4.78, 5) is 24.1. The van der Waals surface area contributed by atoms with Crippen LogP contribution in [0.1, 0.15) is 16.8 Å². The zero-order valence-electron chi connectivity index (χ0n) is 14.4. The van der Waals surface area contributed by atoms with E-state index in [9.17, 15) is 4.79 Å². The van der Waals surface area contributed by atoms with Gasteiger partial charge in [-0.3, -0.25) is 4.79 Å². The molecule has 1 aromatic rings. The van der Waals surface area contributed by atoms with Crippen LogP contribution < -0.4 is 124 Å². The fourth-order valence-corrected chi connectivity index (χ4v) is 2.51. The normalized spacial score (nSPS) is 15.7. The quantitative estimate of drug-likeness (QED) is 0.500. The second-order valence-corrected chi connectivity index (χ2v) is 5.54. The van der Waals surface area contributed by atoms with Gasteiger partial charge in [-0.05, 0) is 44.9 Å². The van der Waals surface area contributed by atoms with Gasteiger partial charge in [-0.15, -0.1) is 0 Å². The van der Waals surface area contributed by atoms with Crippen molar-refractivity contribution >= 4 is 29.4 Å². The summed E-state index contributed by atoms with van der Waals surface area (Å²) >= 11 is 5.95. The topological polar surface area (TPSA) is 113 Å². The van der Waals surface area contributed by atoms with Gasteiger partial charge in [0.1, 0.15) is 0 Å². The number of carbonyl (C=O) groups excluding carboxylic acids is 2. The van der Waals surface area contributed by atoms with E-state index < -0.39 is 12.1 Å². The molecule has 1 amide bonds. The zero-order chi connectivity index (χ0) is 16.9. The molecule has 1 saturated heterocycles. The van der Waals surface area contributed by atoms with Crippen molar-refractivity contribution in [3.63, 3.8) is 0 Å². The number of halogens is 1. The average molecular weight is 406 g/mol. The molecular weight excluding hydrogens is 388 g/mol. The van der Waals surface area contributed by atoms with Crippen LogP contribution in [0, 0.1) is 0 Å². The number of rotatable bonds is 3. The minimum absolute atomic E-state index is 0. The molecular formula is C14H18ClK2N3O4. The molecule has 7 nitrogen and oxygen atoms in total. The Morgan fingerprint density at radius 2 is 1.83 bits per heavy atom. The Labute approximate surface area is 231 Å². The second kappa shape index (κ2) is 13.5. The predicted molar refractivity (Wildman–Crippen MR) is 79.7 cm³/mol. The monoisotopic (exact) mass is 405 g/mol. The smallest absolute Gasteiger partial charge is 0.652 e. The van der Waals surface area contributed by atoms with Gasteiger partial charge in [0.05, 0.1) is 10.6 Å². The Kier molecular flexibility index (Phi) is 15.4. The molecule has 1 aliphatic rings. The number of hydrogen-bond acceptors (Lipinski definition) is 6. The molecule has 0 aromatic heterocycles. The van der Waals surface area contributed by atoms with E-state index in [0.717, 1.165) is 25.2 Å². The number of carboxylic acid groups (broad SMARTS) is 2. The van der Waals surface area contributed by atoms with Crippen molar-refractivity contribution in [2.75, 3.05) is 32.1 Å². The van der Waals surface area contributed by atoms with E-state index in [1.54, 1.807) is 12.1 Å². The van der Waals surface area contributed by atoms with Gasteiger partial charge in [-0.1, -0.05) is 11.6 Å². The fourth-order valence-electron chi connectivity index (χ4n) is 2.30. The third-order valence-corrected chi connectivity index (χ3v) is 3.80. The van der Waals surface area contributed by atoms with Crippen molar-refractivity contribution in [3.05, 3.63) is 28.8 Å². The van der Waals surface area contributed by atoms with E-state index in [2.05, 4.69) is 23.9 Å². The van der Waals surface area contributed by atoms with Gasteiger partial charge in [0, 0.05) is 24.8 Å². The number of anilines is 1. The molecule has 1 fully saturated rings. The van der Waals surface area contributed by atoms with Crippen LogP contribution in [0.25, 0.3) is 0 Å². The Morgan fingerprint density at radius 3 is 2.25 bits per heavy atom. The molecule has 0 bridgehead atoms. The van der Waals surface area contributed by atoms with Crippen molar-refractivity contribution in [2.24, 2.45) is 5.73 Å². The van der Waals surface area contributed by atoms with Crippen LogP contribution >= 0.6 is 11.6 Å². The van der Waals surface area contributed by atoms with Crippen LogP contribution in [0.2, 0.25) is 5.02 Å². The van der Waals surface area contributed by atoms with Crippen molar-refractivity contribution in [1.29, 1.82) is 0 Å². The molecule has 1 aromatic carbocycles.